The van der Waals surface area contributed by atoms with Gasteiger partial charge in [-0.2, -0.15) is 0 Å². The molecule has 132 valence electrons. The van der Waals surface area contributed by atoms with Crippen molar-refractivity contribution in [3.05, 3.63) is 52.5 Å². The predicted octanol–water partition coefficient (Wildman–Crippen LogP) is 4.91. The van der Waals surface area contributed by atoms with E-state index in [1.54, 1.807) is 24.3 Å². The molecule has 2 amide bonds. The zero-order chi connectivity index (χ0) is 18.0. The number of urea groups is 1. The summed E-state index contributed by atoms with van der Waals surface area (Å²) in [6, 6.07) is 12.5. The molecule has 1 aliphatic rings. The normalized spacial score (nSPS) is 16.2. The van der Waals surface area contributed by atoms with E-state index in [0.29, 0.717) is 28.2 Å². The number of carbonyl (C=O) groups excluding carboxylic acids is 1. The van der Waals surface area contributed by atoms with Crippen LogP contribution in [-0.4, -0.2) is 18.1 Å². The van der Waals surface area contributed by atoms with Crippen molar-refractivity contribution in [3.63, 3.8) is 0 Å². The molecule has 0 aliphatic heterocycles. The van der Waals surface area contributed by atoms with Gasteiger partial charge in [-0.05, 0) is 49.9 Å². The van der Waals surface area contributed by atoms with Gasteiger partial charge in [0, 0.05) is 27.7 Å². The van der Waals surface area contributed by atoms with Crippen LogP contribution in [0, 0.1) is 5.92 Å². The second kappa shape index (κ2) is 7.24. The molecule has 4 nitrogen and oxygen atoms in total. The van der Waals surface area contributed by atoms with E-state index in [9.17, 15) is 4.79 Å². The summed E-state index contributed by atoms with van der Waals surface area (Å²) in [5.41, 5.74) is 7.71. The topological polar surface area (TPSA) is 67.1 Å². The van der Waals surface area contributed by atoms with E-state index in [1.165, 1.54) is 0 Å². The summed E-state index contributed by atoms with van der Waals surface area (Å²) in [6.07, 6.45) is 2.19. The summed E-state index contributed by atoms with van der Waals surface area (Å²) >= 11 is 12.5. The lowest BCUT2D eigenvalue weighted by Gasteiger charge is -2.29. The number of nitrogens with one attached hydrogen (secondary N) is 2. The van der Waals surface area contributed by atoms with Gasteiger partial charge in [0.2, 0.25) is 0 Å². The third-order valence-electron chi connectivity index (χ3n) is 4.70. The number of rotatable bonds is 5. The fraction of sp³-hybridized carbons (Fsp3) is 0.316. The van der Waals surface area contributed by atoms with Crippen molar-refractivity contribution in [2.24, 2.45) is 11.7 Å². The summed E-state index contributed by atoms with van der Waals surface area (Å²) in [4.78, 5) is 12.5. The highest BCUT2D eigenvalue weighted by molar-refractivity contribution is 6.34. The summed E-state index contributed by atoms with van der Waals surface area (Å²) in [5, 5.41) is 7.10. The molecule has 0 saturated heterocycles. The molecule has 0 heterocycles. The van der Waals surface area contributed by atoms with Gasteiger partial charge in [0.15, 0.2) is 0 Å². The Labute approximate surface area is 157 Å². The van der Waals surface area contributed by atoms with Crippen molar-refractivity contribution in [2.45, 2.75) is 25.3 Å². The number of amides is 2. The first-order chi connectivity index (χ1) is 11.9. The average molecular weight is 378 g/mol. The van der Waals surface area contributed by atoms with E-state index in [0.717, 1.165) is 24.0 Å². The fourth-order valence-electron chi connectivity index (χ4n) is 2.98. The number of hydrogen-bond acceptors (Lipinski definition) is 2. The van der Waals surface area contributed by atoms with Gasteiger partial charge in [-0.25, -0.2) is 4.79 Å². The minimum Gasteiger partial charge on any atom is -0.331 e. The third kappa shape index (κ3) is 4.09. The monoisotopic (exact) mass is 377 g/mol. The molecular weight excluding hydrogens is 357 g/mol. The molecular formula is C19H21Cl2N3O. The SMILES string of the molecule is CC(CN)(NC(=O)Nc1ccc(Cl)cc1-c1ccccc1Cl)C1CC1. The number of carbonyl (C=O) groups is 1. The standard InChI is InChI=1S/C19H21Cl2N3O/c1-19(11-22,12-6-7-12)24-18(25)23-17-9-8-13(20)10-15(17)14-4-2-3-5-16(14)21/h2-5,8-10,12H,6-7,11,22H2,1H3,(H2,23,24,25). The summed E-state index contributed by atoms with van der Waals surface area (Å²) < 4.78 is 0. The Morgan fingerprint density at radius 2 is 1.92 bits per heavy atom. The van der Waals surface area contributed by atoms with E-state index in [-0.39, 0.29) is 11.6 Å². The molecule has 1 aliphatic carbocycles. The smallest absolute Gasteiger partial charge is 0.319 e. The zero-order valence-electron chi connectivity index (χ0n) is 14.0. The molecule has 0 radical (unpaired) electrons. The van der Waals surface area contributed by atoms with Gasteiger partial charge < -0.3 is 16.4 Å². The summed E-state index contributed by atoms with van der Waals surface area (Å²) in [6.45, 7) is 2.39. The van der Waals surface area contributed by atoms with E-state index in [2.05, 4.69) is 10.6 Å². The molecule has 6 heteroatoms. The summed E-state index contributed by atoms with van der Waals surface area (Å²) in [7, 11) is 0. The van der Waals surface area contributed by atoms with Crippen LogP contribution in [0.2, 0.25) is 10.0 Å². The lowest BCUT2D eigenvalue weighted by atomic mass is 9.96. The maximum absolute atomic E-state index is 12.5. The molecule has 2 aromatic carbocycles. The highest BCUT2D eigenvalue weighted by Gasteiger charge is 2.41. The van der Waals surface area contributed by atoms with Gasteiger partial charge in [-0.1, -0.05) is 41.4 Å². The number of hydrogen-bond donors (Lipinski definition) is 3. The van der Waals surface area contributed by atoms with Gasteiger partial charge in [0.05, 0.1) is 11.2 Å². The van der Waals surface area contributed by atoms with Gasteiger partial charge in [0.1, 0.15) is 0 Å². The molecule has 0 spiro atoms. The van der Waals surface area contributed by atoms with Crippen molar-refractivity contribution in [1.82, 2.24) is 5.32 Å². The molecule has 1 unspecified atom stereocenters. The minimum atomic E-state index is -0.388. The van der Waals surface area contributed by atoms with Crippen LogP contribution in [0.3, 0.4) is 0 Å². The van der Waals surface area contributed by atoms with Gasteiger partial charge in [-0.15, -0.1) is 0 Å². The van der Waals surface area contributed by atoms with E-state index in [1.807, 2.05) is 25.1 Å². The Kier molecular flexibility index (Phi) is 5.23. The fourth-order valence-corrected chi connectivity index (χ4v) is 3.39. The Hall–Kier alpha value is -1.75. The van der Waals surface area contributed by atoms with Gasteiger partial charge >= 0.3 is 6.03 Å². The Balaban J connectivity index is 1.85. The van der Waals surface area contributed by atoms with Crippen LogP contribution in [0.5, 0.6) is 0 Å². The maximum Gasteiger partial charge on any atom is 0.319 e. The van der Waals surface area contributed by atoms with E-state index < -0.39 is 0 Å². The second-order valence-corrected chi connectivity index (χ2v) is 7.49. The number of benzene rings is 2. The van der Waals surface area contributed by atoms with Crippen LogP contribution in [0.4, 0.5) is 10.5 Å². The van der Waals surface area contributed by atoms with Gasteiger partial charge in [0.25, 0.3) is 0 Å². The van der Waals surface area contributed by atoms with Crippen LogP contribution in [0.1, 0.15) is 19.8 Å². The first-order valence-corrected chi connectivity index (χ1v) is 9.02. The lowest BCUT2D eigenvalue weighted by molar-refractivity contribution is 0.234. The molecule has 0 aromatic heterocycles. The number of nitrogens with two attached hydrogens (primary N) is 1. The maximum atomic E-state index is 12.5. The molecule has 3 rings (SSSR count). The predicted molar refractivity (Wildman–Crippen MR) is 104 cm³/mol. The molecule has 0 bridgehead atoms. The quantitative estimate of drug-likeness (QED) is 0.692. The zero-order valence-corrected chi connectivity index (χ0v) is 15.5. The average Bonchev–Trinajstić information content (AvgIpc) is 3.42. The van der Waals surface area contributed by atoms with Crippen LogP contribution >= 0.6 is 23.2 Å². The largest absolute Gasteiger partial charge is 0.331 e. The van der Waals surface area contributed by atoms with Crippen LogP contribution < -0.4 is 16.4 Å². The summed E-state index contributed by atoms with van der Waals surface area (Å²) in [5.74, 6) is 0.441. The molecule has 2 aromatic rings. The van der Waals surface area contributed by atoms with E-state index in [4.69, 9.17) is 28.9 Å². The third-order valence-corrected chi connectivity index (χ3v) is 5.26. The molecule has 25 heavy (non-hydrogen) atoms. The molecule has 4 N–H and O–H groups in total. The van der Waals surface area contributed by atoms with Crippen LogP contribution in [0.15, 0.2) is 42.5 Å². The first kappa shape index (κ1) is 18.1. The number of anilines is 1. The first-order valence-electron chi connectivity index (χ1n) is 8.26. The molecule has 1 saturated carbocycles. The van der Waals surface area contributed by atoms with E-state index >= 15 is 0 Å². The second-order valence-electron chi connectivity index (χ2n) is 6.64. The van der Waals surface area contributed by atoms with Crippen molar-refractivity contribution in [3.8, 4) is 11.1 Å². The molecule has 1 atom stereocenters. The van der Waals surface area contributed by atoms with Crippen molar-refractivity contribution < 1.29 is 4.79 Å². The Morgan fingerprint density at radius 3 is 2.56 bits per heavy atom. The highest BCUT2D eigenvalue weighted by atomic mass is 35.5. The highest BCUT2D eigenvalue weighted by Crippen LogP contribution is 2.39. The Bertz CT molecular complexity index is 792. The van der Waals surface area contributed by atoms with Gasteiger partial charge in [-0.3, -0.25) is 0 Å². The van der Waals surface area contributed by atoms with Crippen LogP contribution in [-0.2, 0) is 0 Å². The lowest BCUT2D eigenvalue weighted by Crippen LogP contribution is -2.54. The molecule has 1 fully saturated rings. The number of halogens is 2. The van der Waals surface area contributed by atoms with Crippen molar-refractivity contribution in [2.75, 3.05) is 11.9 Å². The van der Waals surface area contributed by atoms with Crippen molar-refractivity contribution in [1.29, 1.82) is 0 Å². The van der Waals surface area contributed by atoms with Crippen LogP contribution in [0.25, 0.3) is 11.1 Å². The Morgan fingerprint density at radius 1 is 1.20 bits per heavy atom. The van der Waals surface area contributed by atoms with Crippen molar-refractivity contribution >= 4 is 34.9 Å². The minimum absolute atomic E-state index is 0.282.